The molecule has 0 saturated heterocycles. The van der Waals surface area contributed by atoms with Crippen molar-refractivity contribution in [3.8, 4) is 12.1 Å². The van der Waals surface area contributed by atoms with Gasteiger partial charge in [-0.3, -0.25) is 9.36 Å². The maximum atomic E-state index is 12.7. The molecule has 1 aromatic heterocycles. The number of hydrogen-bond donors (Lipinski definition) is 0. The van der Waals surface area contributed by atoms with Crippen LogP contribution in [0.1, 0.15) is 26.2 Å². The van der Waals surface area contributed by atoms with Crippen molar-refractivity contribution in [3.05, 3.63) is 33.6 Å². The van der Waals surface area contributed by atoms with Crippen LogP contribution in [-0.4, -0.2) is 15.3 Å². The van der Waals surface area contributed by atoms with Gasteiger partial charge in [0.15, 0.2) is 5.16 Å². The predicted molar refractivity (Wildman–Crippen MR) is 96.0 cm³/mol. The number of thioether (sulfide) groups is 1. The summed E-state index contributed by atoms with van der Waals surface area (Å²) in [6.45, 7) is 2.57. The Bertz CT molecular complexity index is 866. The summed E-state index contributed by atoms with van der Waals surface area (Å²) in [7, 11) is 0. The second-order valence-corrected chi connectivity index (χ2v) is 6.77. The summed E-state index contributed by atoms with van der Waals surface area (Å²) in [5, 5.41) is 19.5. The number of nitriles is 2. The molecule has 0 spiro atoms. The first-order chi connectivity index (χ1) is 11.6. The summed E-state index contributed by atoms with van der Waals surface area (Å²) < 4.78 is 1.65. The van der Waals surface area contributed by atoms with Gasteiger partial charge in [0.25, 0.3) is 5.56 Å². The fourth-order valence-electron chi connectivity index (χ4n) is 2.30. The first-order valence-corrected chi connectivity index (χ1v) is 9.06. The van der Waals surface area contributed by atoms with E-state index in [2.05, 4.69) is 17.1 Å². The Morgan fingerprint density at radius 1 is 1.42 bits per heavy atom. The van der Waals surface area contributed by atoms with Crippen LogP contribution in [0.4, 0.5) is 0 Å². The number of nitrogens with zero attached hydrogens (tertiary/aromatic N) is 4. The van der Waals surface area contributed by atoms with Gasteiger partial charge in [-0.15, -0.1) is 0 Å². The molecule has 7 heteroatoms. The van der Waals surface area contributed by atoms with Crippen molar-refractivity contribution in [2.75, 3.05) is 5.75 Å². The van der Waals surface area contributed by atoms with Gasteiger partial charge in [-0.25, -0.2) is 4.98 Å². The Labute approximate surface area is 149 Å². The average molecular weight is 361 g/mol. The van der Waals surface area contributed by atoms with Crippen molar-refractivity contribution in [1.82, 2.24) is 9.55 Å². The number of halogens is 1. The van der Waals surface area contributed by atoms with Gasteiger partial charge in [0, 0.05) is 23.7 Å². The third-order valence-electron chi connectivity index (χ3n) is 3.53. The van der Waals surface area contributed by atoms with Crippen LogP contribution in [0.25, 0.3) is 10.9 Å². The Kier molecular flexibility index (Phi) is 6.66. The molecule has 0 aliphatic heterocycles. The molecule has 5 nitrogen and oxygen atoms in total. The fraction of sp³-hybridized carbons (Fsp3) is 0.412. The molecule has 0 aliphatic rings. The lowest BCUT2D eigenvalue weighted by atomic mass is 10.1. The smallest absolute Gasteiger partial charge is 0.262 e. The third kappa shape index (κ3) is 4.29. The molecular formula is C17H17ClN4OS. The molecule has 2 aromatic rings. The quantitative estimate of drug-likeness (QED) is 0.550. The van der Waals surface area contributed by atoms with Crippen LogP contribution in [0.2, 0.25) is 5.02 Å². The first kappa shape index (κ1) is 18.3. The van der Waals surface area contributed by atoms with Crippen molar-refractivity contribution >= 4 is 34.3 Å². The molecule has 1 atom stereocenters. The minimum absolute atomic E-state index is 0.0912. The molecule has 124 valence electrons. The molecule has 1 aromatic carbocycles. The molecule has 0 unspecified atom stereocenters. The van der Waals surface area contributed by atoms with Crippen LogP contribution in [0, 0.1) is 28.6 Å². The maximum absolute atomic E-state index is 12.7. The summed E-state index contributed by atoms with van der Waals surface area (Å²) in [5.41, 5.74) is 0.472. The van der Waals surface area contributed by atoms with Crippen molar-refractivity contribution in [1.29, 1.82) is 10.5 Å². The highest BCUT2D eigenvalue weighted by Crippen LogP contribution is 2.23. The molecule has 0 amide bonds. The van der Waals surface area contributed by atoms with Gasteiger partial charge in [0.2, 0.25) is 0 Å². The summed E-state index contributed by atoms with van der Waals surface area (Å²) in [5.74, 6) is 0.261. The largest absolute Gasteiger partial charge is 0.287 e. The van der Waals surface area contributed by atoms with Gasteiger partial charge >= 0.3 is 0 Å². The van der Waals surface area contributed by atoms with E-state index >= 15 is 0 Å². The molecular weight excluding hydrogens is 344 g/mol. The zero-order valence-corrected chi connectivity index (χ0v) is 14.9. The Balaban J connectivity index is 2.37. The van der Waals surface area contributed by atoms with Gasteiger partial charge in [-0.2, -0.15) is 10.5 Å². The number of benzene rings is 1. The lowest BCUT2D eigenvalue weighted by Gasteiger charge is -2.13. The van der Waals surface area contributed by atoms with E-state index in [4.69, 9.17) is 16.9 Å². The normalized spacial score (nSPS) is 11.8. The fourth-order valence-corrected chi connectivity index (χ4v) is 3.55. The van der Waals surface area contributed by atoms with E-state index in [1.54, 1.807) is 22.8 Å². The Morgan fingerprint density at radius 3 is 2.88 bits per heavy atom. The minimum atomic E-state index is -0.239. The van der Waals surface area contributed by atoms with Gasteiger partial charge in [-0.1, -0.05) is 30.3 Å². The predicted octanol–water partition coefficient (Wildman–Crippen LogP) is 4.00. The highest BCUT2D eigenvalue weighted by atomic mass is 35.5. The second-order valence-electron chi connectivity index (χ2n) is 5.35. The van der Waals surface area contributed by atoms with E-state index < -0.39 is 0 Å². The van der Waals surface area contributed by atoms with Crippen molar-refractivity contribution < 1.29 is 0 Å². The van der Waals surface area contributed by atoms with E-state index in [0.29, 0.717) is 46.2 Å². The van der Waals surface area contributed by atoms with Crippen LogP contribution >= 0.6 is 23.4 Å². The average Bonchev–Trinajstić information content (AvgIpc) is 2.58. The van der Waals surface area contributed by atoms with E-state index in [0.717, 1.165) is 6.42 Å². The molecule has 1 heterocycles. The molecule has 0 saturated carbocycles. The summed E-state index contributed by atoms with van der Waals surface area (Å²) in [4.78, 5) is 17.3. The zero-order valence-electron chi connectivity index (χ0n) is 13.3. The monoisotopic (exact) mass is 360 g/mol. The van der Waals surface area contributed by atoms with Crippen LogP contribution in [-0.2, 0) is 6.54 Å². The molecule has 0 bridgehead atoms. The van der Waals surface area contributed by atoms with Gasteiger partial charge in [-0.05, 0) is 31.0 Å². The summed E-state index contributed by atoms with van der Waals surface area (Å²) >= 11 is 7.38. The van der Waals surface area contributed by atoms with Crippen LogP contribution in [0.5, 0.6) is 0 Å². The van der Waals surface area contributed by atoms with Crippen LogP contribution < -0.4 is 5.56 Å². The minimum Gasteiger partial charge on any atom is -0.287 e. The summed E-state index contributed by atoms with van der Waals surface area (Å²) in [6, 6.07) is 9.32. The molecule has 0 fully saturated rings. The molecule has 2 rings (SSSR count). The van der Waals surface area contributed by atoms with Crippen LogP contribution in [0.3, 0.4) is 0 Å². The Hall–Kier alpha value is -2.02. The standard InChI is InChI=1S/C17H17ClN4OS/c1-2-8-22-16(23)14-6-5-13(18)9-15(14)21-17(22)24-11-12(10-20)4-3-7-19/h5-6,9,12H,2-4,8,11H2,1H3/t12-/m0/s1. The number of hydrogen-bond acceptors (Lipinski definition) is 5. The van der Waals surface area contributed by atoms with E-state index in [9.17, 15) is 10.1 Å². The molecule has 0 radical (unpaired) electrons. The number of rotatable bonds is 7. The highest BCUT2D eigenvalue weighted by molar-refractivity contribution is 7.99. The van der Waals surface area contributed by atoms with E-state index in [-0.39, 0.29) is 11.5 Å². The topological polar surface area (TPSA) is 82.5 Å². The molecule has 24 heavy (non-hydrogen) atoms. The lowest BCUT2D eigenvalue weighted by Crippen LogP contribution is -2.23. The molecule has 0 N–H and O–H groups in total. The summed E-state index contributed by atoms with van der Waals surface area (Å²) in [6.07, 6.45) is 1.68. The van der Waals surface area contributed by atoms with Crippen molar-refractivity contribution in [2.45, 2.75) is 37.9 Å². The zero-order chi connectivity index (χ0) is 17.5. The van der Waals surface area contributed by atoms with Gasteiger partial charge in [0.1, 0.15) is 0 Å². The second kappa shape index (κ2) is 8.73. The number of fused-ring (bicyclic) bond motifs is 1. The number of aromatic nitrogens is 2. The van der Waals surface area contributed by atoms with Crippen molar-refractivity contribution in [2.24, 2.45) is 5.92 Å². The Morgan fingerprint density at radius 2 is 2.21 bits per heavy atom. The SMILES string of the molecule is CCCn1c(SC[C@H](C#N)CCC#N)nc2cc(Cl)ccc2c1=O. The lowest BCUT2D eigenvalue weighted by molar-refractivity contribution is 0.583. The maximum Gasteiger partial charge on any atom is 0.262 e. The van der Waals surface area contributed by atoms with E-state index in [1.165, 1.54) is 11.8 Å². The van der Waals surface area contributed by atoms with E-state index in [1.807, 2.05) is 6.92 Å². The third-order valence-corrected chi connectivity index (χ3v) is 4.90. The van der Waals surface area contributed by atoms with Crippen LogP contribution in [0.15, 0.2) is 28.2 Å². The van der Waals surface area contributed by atoms with Crippen molar-refractivity contribution in [3.63, 3.8) is 0 Å². The highest BCUT2D eigenvalue weighted by Gasteiger charge is 2.14. The van der Waals surface area contributed by atoms with Gasteiger partial charge in [0.05, 0.1) is 29.0 Å². The van der Waals surface area contributed by atoms with Gasteiger partial charge < -0.3 is 0 Å². The molecule has 0 aliphatic carbocycles. The first-order valence-electron chi connectivity index (χ1n) is 7.70.